The quantitative estimate of drug-likeness (QED) is 0.854. The van der Waals surface area contributed by atoms with Crippen LogP contribution >= 0.6 is 0 Å². The third kappa shape index (κ3) is 2.70. The van der Waals surface area contributed by atoms with E-state index in [1.54, 1.807) is 18.2 Å². The zero-order valence-corrected chi connectivity index (χ0v) is 10.7. The average Bonchev–Trinajstić information content (AvgIpc) is 2.68. The highest BCUT2D eigenvalue weighted by molar-refractivity contribution is 6.01. The minimum absolute atomic E-state index is 0.0121. The van der Waals surface area contributed by atoms with Gasteiger partial charge < -0.3 is 10.6 Å². The number of amides is 2. The largest absolute Gasteiger partial charge is 0.350 e. The molecule has 4 heteroatoms. The SMILES string of the molecule is CCCC(C)NC(=O)c1ccc2c(c1)CC(=O)N2. The van der Waals surface area contributed by atoms with Gasteiger partial charge in [-0.3, -0.25) is 9.59 Å². The first-order valence-corrected chi connectivity index (χ1v) is 6.33. The van der Waals surface area contributed by atoms with E-state index in [-0.39, 0.29) is 17.9 Å². The first kappa shape index (κ1) is 12.6. The van der Waals surface area contributed by atoms with Crippen LogP contribution in [0.25, 0.3) is 0 Å². The third-order valence-corrected chi connectivity index (χ3v) is 3.09. The molecule has 0 saturated carbocycles. The number of fused-ring (bicyclic) bond motifs is 1. The highest BCUT2D eigenvalue weighted by Crippen LogP contribution is 2.23. The summed E-state index contributed by atoms with van der Waals surface area (Å²) in [5.74, 6) is -0.0833. The van der Waals surface area contributed by atoms with Crippen molar-refractivity contribution in [2.75, 3.05) is 5.32 Å². The van der Waals surface area contributed by atoms with E-state index in [0.717, 1.165) is 24.1 Å². The molecule has 0 bridgehead atoms. The summed E-state index contributed by atoms with van der Waals surface area (Å²) in [6.07, 6.45) is 2.38. The molecule has 1 atom stereocenters. The van der Waals surface area contributed by atoms with Gasteiger partial charge in [0.15, 0.2) is 0 Å². The second kappa shape index (κ2) is 5.21. The number of hydrogen-bond donors (Lipinski definition) is 2. The summed E-state index contributed by atoms with van der Waals surface area (Å²) in [7, 11) is 0. The van der Waals surface area contributed by atoms with Crippen LogP contribution in [0.1, 0.15) is 42.6 Å². The van der Waals surface area contributed by atoms with E-state index in [0.29, 0.717) is 12.0 Å². The molecule has 2 N–H and O–H groups in total. The predicted molar refractivity (Wildman–Crippen MR) is 70.6 cm³/mol. The highest BCUT2D eigenvalue weighted by Gasteiger charge is 2.19. The summed E-state index contributed by atoms with van der Waals surface area (Å²) in [5, 5.41) is 5.71. The molecule has 2 rings (SSSR count). The van der Waals surface area contributed by atoms with Gasteiger partial charge in [0, 0.05) is 17.3 Å². The van der Waals surface area contributed by atoms with Gasteiger partial charge in [0.2, 0.25) is 5.91 Å². The fourth-order valence-corrected chi connectivity index (χ4v) is 2.18. The number of hydrogen-bond acceptors (Lipinski definition) is 2. The average molecular weight is 246 g/mol. The van der Waals surface area contributed by atoms with Gasteiger partial charge in [-0.2, -0.15) is 0 Å². The third-order valence-electron chi connectivity index (χ3n) is 3.09. The second-order valence-corrected chi connectivity index (χ2v) is 4.76. The summed E-state index contributed by atoms with van der Waals surface area (Å²) in [6, 6.07) is 5.51. The van der Waals surface area contributed by atoms with Crippen molar-refractivity contribution in [2.24, 2.45) is 0 Å². The fraction of sp³-hybridized carbons (Fsp3) is 0.429. The Morgan fingerprint density at radius 1 is 1.50 bits per heavy atom. The molecule has 0 spiro atoms. The maximum absolute atomic E-state index is 12.0. The van der Waals surface area contributed by atoms with Crippen molar-refractivity contribution in [3.63, 3.8) is 0 Å². The molecule has 1 aliphatic rings. The Balaban J connectivity index is 2.08. The van der Waals surface area contributed by atoms with Crippen molar-refractivity contribution in [3.05, 3.63) is 29.3 Å². The van der Waals surface area contributed by atoms with Gasteiger partial charge in [-0.05, 0) is 37.1 Å². The van der Waals surface area contributed by atoms with Gasteiger partial charge >= 0.3 is 0 Å². The number of carbonyl (C=O) groups excluding carboxylic acids is 2. The second-order valence-electron chi connectivity index (χ2n) is 4.76. The molecular weight excluding hydrogens is 228 g/mol. The van der Waals surface area contributed by atoms with Gasteiger partial charge in [-0.15, -0.1) is 0 Å². The molecule has 4 nitrogen and oxygen atoms in total. The molecule has 0 aliphatic carbocycles. The van der Waals surface area contributed by atoms with Crippen LogP contribution in [-0.4, -0.2) is 17.9 Å². The molecule has 1 aliphatic heterocycles. The fourth-order valence-electron chi connectivity index (χ4n) is 2.18. The Kier molecular flexibility index (Phi) is 3.65. The molecule has 18 heavy (non-hydrogen) atoms. The van der Waals surface area contributed by atoms with Crippen LogP contribution in [-0.2, 0) is 11.2 Å². The van der Waals surface area contributed by atoms with Crippen molar-refractivity contribution < 1.29 is 9.59 Å². The molecule has 1 aromatic carbocycles. The topological polar surface area (TPSA) is 58.2 Å². The van der Waals surface area contributed by atoms with Gasteiger partial charge in [0.05, 0.1) is 6.42 Å². The van der Waals surface area contributed by atoms with Crippen LogP contribution in [0.5, 0.6) is 0 Å². The van der Waals surface area contributed by atoms with Gasteiger partial charge in [0.25, 0.3) is 5.91 Å². The van der Waals surface area contributed by atoms with E-state index < -0.39 is 0 Å². The maximum atomic E-state index is 12.0. The summed E-state index contributed by atoms with van der Waals surface area (Å²) in [5.41, 5.74) is 2.34. The number of carbonyl (C=O) groups is 2. The highest BCUT2D eigenvalue weighted by atomic mass is 16.2. The molecule has 0 aromatic heterocycles. The lowest BCUT2D eigenvalue weighted by atomic mass is 10.1. The van der Waals surface area contributed by atoms with Crippen LogP contribution in [0.4, 0.5) is 5.69 Å². The smallest absolute Gasteiger partial charge is 0.251 e. The summed E-state index contributed by atoms with van der Waals surface area (Å²) >= 11 is 0. The van der Waals surface area contributed by atoms with Crippen molar-refractivity contribution >= 4 is 17.5 Å². The van der Waals surface area contributed by atoms with Crippen molar-refractivity contribution in [1.82, 2.24) is 5.32 Å². The Morgan fingerprint density at radius 3 is 3.00 bits per heavy atom. The predicted octanol–water partition coefficient (Wildman–Crippen LogP) is 2.10. The molecule has 1 unspecified atom stereocenters. The number of nitrogens with one attached hydrogen (secondary N) is 2. The van der Waals surface area contributed by atoms with Crippen LogP contribution in [0.15, 0.2) is 18.2 Å². The molecule has 2 amide bonds. The van der Waals surface area contributed by atoms with Crippen LogP contribution in [0.2, 0.25) is 0 Å². The van der Waals surface area contributed by atoms with E-state index in [2.05, 4.69) is 17.6 Å². The lowest BCUT2D eigenvalue weighted by Crippen LogP contribution is -2.32. The number of rotatable bonds is 4. The molecule has 1 aromatic rings. The molecule has 0 fully saturated rings. The Bertz CT molecular complexity index is 483. The molecule has 1 heterocycles. The van der Waals surface area contributed by atoms with Crippen LogP contribution in [0.3, 0.4) is 0 Å². The maximum Gasteiger partial charge on any atom is 0.251 e. The van der Waals surface area contributed by atoms with Crippen LogP contribution in [0, 0.1) is 0 Å². The summed E-state index contributed by atoms with van der Waals surface area (Å²) in [6.45, 7) is 4.09. The molecule has 96 valence electrons. The molecule has 0 saturated heterocycles. The molecular formula is C14H18N2O2. The van der Waals surface area contributed by atoms with Gasteiger partial charge in [-0.1, -0.05) is 13.3 Å². The van der Waals surface area contributed by atoms with E-state index in [1.165, 1.54) is 0 Å². The lowest BCUT2D eigenvalue weighted by Gasteiger charge is -2.13. The van der Waals surface area contributed by atoms with Crippen LogP contribution < -0.4 is 10.6 Å². The minimum atomic E-state index is -0.0712. The van der Waals surface area contributed by atoms with Crippen molar-refractivity contribution in [2.45, 2.75) is 39.2 Å². The first-order chi connectivity index (χ1) is 8.60. The lowest BCUT2D eigenvalue weighted by molar-refractivity contribution is -0.115. The molecule has 0 radical (unpaired) electrons. The van der Waals surface area contributed by atoms with Crippen molar-refractivity contribution in [1.29, 1.82) is 0 Å². The number of benzene rings is 1. The summed E-state index contributed by atoms with van der Waals surface area (Å²) < 4.78 is 0. The normalized spacial score (nSPS) is 14.9. The minimum Gasteiger partial charge on any atom is -0.350 e. The standard InChI is InChI=1S/C14H18N2O2/c1-3-4-9(2)15-14(18)10-5-6-12-11(7-10)8-13(17)16-12/h5-7,9H,3-4,8H2,1-2H3,(H,15,18)(H,16,17). The van der Waals surface area contributed by atoms with E-state index in [9.17, 15) is 9.59 Å². The van der Waals surface area contributed by atoms with E-state index >= 15 is 0 Å². The number of anilines is 1. The Morgan fingerprint density at radius 2 is 2.28 bits per heavy atom. The Hall–Kier alpha value is -1.84. The van der Waals surface area contributed by atoms with Crippen molar-refractivity contribution in [3.8, 4) is 0 Å². The van der Waals surface area contributed by atoms with Gasteiger partial charge in [-0.25, -0.2) is 0 Å². The summed E-state index contributed by atoms with van der Waals surface area (Å²) in [4.78, 5) is 23.2. The Labute approximate surface area is 107 Å². The van der Waals surface area contributed by atoms with E-state index in [4.69, 9.17) is 0 Å². The zero-order valence-electron chi connectivity index (χ0n) is 10.7. The van der Waals surface area contributed by atoms with Gasteiger partial charge in [0.1, 0.15) is 0 Å². The monoisotopic (exact) mass is 246 g/mol. The zero-order chi connectivity index (χ0) is 13.1. The van der Waals surface area contributed by atoms with E-state index in [1.807, 2.05) is 6.92 Å². The first-order valence-electron chi connectivity index (χ1n) is 6.33.